The minimum absolute atomic E-state index is 0.0171. The molecular formula is C14H11BrF3NO2. The van der Waals surface area contributed by atoms with E-state index in [0.717, 1.165) is 11.6 Å². The summed E-state index contributed by atoms with van der Waals surface area (Å²) in [6, 6.07) is 5.11. The van der Waals surface area contributed by atoms with E-state index in [1.54, 1.807) is 6.07 Å². The molecule has 1 heterocycles. The Kier molecular flexibility index (Phi) is 4.41. The number of benzene rings is 1. The van der Waals surface area contributed by atoms with Crippen molar-refractivity contribution in [1.82, 2.24) is 4.90 Å². The number of rotatable bonds is 3. The van der Waals surface area contributed by atoms with Gasteiger partial charge >= 0.3 is 6.18 Å². The maximum atomic E-state index is 12.8. The fraction of sp³-hybridized carbons (Fsp3) is 0.214. The minimum Gasteiger partial charge on any atom is -0.472 e. The maximum Gasteiger partial charge on any atom is 0.417 e. The second-order valence-electron chi connectivity index (χ2n) is 4.49. The number of hydrogen-bond donors (Lipinski definition) is 0. The van der Waals surface area contributed by atoms with Crippen LogP contribution in [0.2, 0.25) is 0 Å². The van der Waals surface area contributed by atoms with E-state index in [1.165, 1.54) is 36.6 Å². The first-order valence-corrected chi connectivity index (χ1v) is 6.71. The highest BCUT2D eigenvalue weighted by Gasteiger charge is 2.33. The van der Waals surface area contributed by atoms with Crippen LogP contribution in [0.3, 0.4) is 0 Å². The third-order valence-electron chi connectivity index (χ3n) is 2.87. The lowest BCUT2D eigenvalue weighted by Crippen LogP contribution is -2.26. The molecule has 2 aromatic rings. The van der Waals surface area contributed by atoms with Crippen LogP contribution < -0.4 is 0 Å². The van der Waals surface area contributed by atoms with E-state index in [9.17, 15) is 18.0 Å². The largest absolute Gasteiger partial charge is 0.472 e. The first-order chi connectivity index (χ1) is 9.79. The van der Waals surface area contributed by atoms with Crippen molar-refractivity contribution in [2.24, 2.45) is 0 Å². The van der Waals surface area contributed by atoms with Crippen LogP contribution >= 0.6 is 15.9 Å². The van der Waals surface area contributed by atoms with Crippen molar-refractivity contribution < 1.29 is 22.4 Å². The zero-order valence-corrected chi connectivity index (χ0v) is 12.5. The summed E-state index contributed by atoms with van der Waals surface area (Å²) in [6.45, 7) is 0.257. The summed E-state index contributed by atoms with van der Waals surface area (Å²) in [5.74, 6) is -0.491. The normalized spacial score (nSPS) is 11.5. The van der Waals surface area contributed by atoms with E-state index in [0.29, 0.717) is 0 Å². The Balaban J connectivity index is 2.23. The number of alkyl halides is 3. The Morgan fingerprint density at radius 3 is 2.62 bits per heavy atom. The van der Waals surface area contributed by atoms with Gasteiger partial charge in [-0.15, -0.1) is 0 Å². The molecule has 0 saturated heterocycles. The summed E-state index contributed by atoms with van der Waals surface area (Å²) >= 11 is 2.84. The number of carbonyl (C=O) groups is 1. The van der Waals surface area contributed by atoms with Crippen molar-refractivity contribution in [1.29, 1.82) is 0 Å². The topological polar surface area (TPSA) is 33.5 Å². The van der Waals surface area contributed by atoms with Crippen LogP contribution in [0.5, 0.6) is 0 Å². The van der Waals surface area contributed by atoms with Crippen molar-refractivity contribution in [2.45, 2.75) is 12.7 Å². The fourth-order valence-electron chi connectivity index (χ4n) is 1.82. The van der Waals surface area contributed by atoms with Gasteiger partial charge < -0.3 is 9.32 Å². The number of amides is 1. The quantitative estimate of drug-likeness (QED) is 0.814. The molecule has 0 spiro atoms. The lowest BCUT2D eigenvalue weighted by atomic mass is 10.1. The highest BCUT2D eigenvalue weighted by atomic mass is 79.9. The molecule has 0 atom stereocenters. The Hall–Kier alpha value is -1.76. The predicted molar refractivity (Wildman–Crippen MR) is 73.6 cm³/mol. The lowest BCUT2D eigenvalue weighted by Gasteiger charge is -2.17. The molecule has 112 valence electrons. The van der Waals surface area contributed by atoms with Crippen LogP contribution in [-0.4, -0.2) is 17.9 Å². The van der Waals surface area contributed by atoms with Gasteiger partial charge in [-0.3, -0.25) is 4.79 Å². The van der Waals surface area contributed by atoms with E-state index in [-0.39, 0.29) is 16.6 Å². The molecule has 0 N–H and O–H groups in total. The predicted octanol–water partition coefficient (Wildman–Crippen LogP) is 4.33. The molecule has 0 bridgehead atoms. The molecule has 1 aromatic carbocycles. The monoisotopic (exact) mass is 361 g/mol. The Labute approximate surface area is 127 Å². The minimum atomic E-state index is -4.52. The van der Waals surface area contributed by atoms with Crippen LogP contribution in [0.25, 0.3) is 0 Å². The number of hydrogen-bond acceptors (Lipinski definition) is 2. The third kappa shape index (κ3) is 3.66. The molecule has 0 aliphatic carbocycles. The summed E-state index contributed by atoms with van der Waals surface area (Å²) in [5.41, 5.74) is -0.124. The standard InChI is InChI=1S/C14H11BrF3NO2/c1-19(7-9-4-5-21-8-9)13(20)10-2-3-12(15)11(6-10)14(16,17)18/h2-6,8H,7H2,1H3. The average Bonchev–Trinajstić information content (AvgIpc) is 2.90. The summed E-state index contributed by atoms with van der Waals surface area (Å²) < 4.78 is 43.3. The summed E-state index contributed by atoms with van der Waals surface area (Å²) in [4.78, 5) is 13.5. The van der Waals surface area contributed by atoms with Gasteiger partial charge in [0, 0.05) is 29.2 Å². The molecule has 21 heavy (non-hydrogen) atoms. The molecule has 7 heteroatoms. The van der Waals surface area contributed by atoms with Gasteiger partial charge in [0.05, 0.1) is 18.1 Å². The molecule has 0 aliphatic heterocycles. The van der Waals surface area contributed by atoms with Crippen LogP contribution in [0.15, 0.2) is 45.7 Å². The smallest absolute Gasteiger partial charge is 0.417 e. The van der Waals surface area contributed by atoms with E-state index >= 15 is 0 Å². The molecular weight excluding hydrogens is 351 g/mol. The molecule has 0 fully saturated rings. The van der Waals surface area contributed by atoms with E-state index < -0.39 is 17.6 Å². The van der Waals surface area contributed by atoms with Crippen LogP contribution in [0.1, 0.15) is 21.5 Å². The first-order valence-electron chi connectivity index (χ1n) is 5.92. The van der Waals surface area contributed by atoms with Gasteiger partial charge in [-0.2, -0.15) is 13.2 Å². The summed E-state index contributed by atoms with van der Waals surface area (Å²) in [5, 5.41) is 0. The van der Waals surface area contributed by atoms with Crippen molar-refractivity contribution in [3.8, 4) is 0 Å². The van der Waals surface area contributed by atoms with Gasteiger partial charge in [-0.25, -0.2) is 0 Å². The zero-order chi connectivity index (χ0) is 15.6. The second kappa shape index (κ2) is 5.93. The number of halogens is 4. The molecule has 1 amide bonds. The fourth-order valence-corrected chi connectivity index (χ4v) is 2.30. The van der Waals surface area contributed by atoms with Gasteiger partial charge in [0.2, 0.25) is 0 Å². The van der Waals surface area contributed by atoms with Crippen LogP contribution in [-0.2, 0) is 12.7 Å². The second-order valence-corrected chi connectivity index (χ2v) is 5.34. The average molecular weight is 362 g/mol. The maximum absolute atomic E-state index is 12.8. The van der Waals surface area contributed by atoms with Gasteiger partial charge in [0.25, 0.3) is 5.91 Å². The van der Waals surface area contributed by atoms with Crippen molar-refractivity contribution in [3.05, 3.63) is 58.0 Å². The molecule has 0 radical (unpaired) electrons. The van der Waals surface area contributed by atoms with Crippen molar-refractivity contribution >= 4 is 21.8 Å². The van der Waals surface area contributed by atoms with Crippen molar-refractivity contribution in [2.75, 3.05) is 7.05 Å². The Bertz CT molecular complexity index is 638. The Morgan fingerprint density at radius 1 is 1.33 bits per heavy atom. The van der Waals surface area contributed by atoms with Gasteiger partial charge in [-0.05, 0) is 24.3 Å². The van der Waals surface area contributed by atoms with Gasteiger partial charge in [0.1, 0.15) is 0 Å². The highest BCUT2D eigenvalue weighted by Crippen LogP contribution is 2.35. The lowest BCUT2D eigenvalue weighted by molar-refractivity contribution is -0.138. The van der Waals surface area contributed by atoms with E-state index in [2.05, 4.69) is 15.9 Å². The van der Waals surface area contributed by atoms with Crippen LogP contribution in [0, 0.1) is 0 Å². The number of nitrogens with zero attached hydrogens (tertiary/aromatic N) is 1. The molecule has 0 unspecified atom stereocenters. The summed E-state index contributed by atoms with van der Waals surface area (Å²) in [7, 11) is 1.52. The summed E-state index contributed by atoms with van der Waals surface area (Å²) in [6.07, 6.45) is -1.57. The third-order valence-corrected chi connectivity index (χ3v) is 3.56. The zero-order valence-electron chi connectivity index (χ0n) is 10.9. The molecule has 0 aliphatic rings. The van der Waals surface area contributed by atoms with Crippen molar-refractivity contribution in [3.63, 3.8) is 0 Å². The van der Waals surface area contributed by atoms with Gasteiger partial charge in [-0.1, -0.05) is 15.9 Å². The van der Waals surface area contributed by atoms with Gasteiger partial charge in [0.15, 0.2) is 0 Å². The van der Waals surface area contributed by atoms with Crippen LogP contribution in [0.4, 0.5) is 13.2 Å². The molecule has 3 nitrogen and oxygen atoms in total. The van der Waals surface area contributed by atoms with E-state index in [4.69, 9.17) is 4.42 Å². The number of carbonyl (C=O) groups excluding carboxylic acids is 1. The number of furan rings is 1. The molecule has 1 aromatic heterocycles. The Morgan fingerprint density at radius 2 is 2.05 bits per heavy atom. The molecule has 2 rings (SSSR count). The SMILES string of the molecule is CN(Cc1ccoc1)C(=O)c1ccc(Br)c(C(F)(F)F)c1. The molecule has 0 saturated carbocycles. The highest BCUT2D eigenvalue weighted by molar-refractivity contribution is 9.10. The van der Waals surface area contributed by atoms with E-state index in [1.807, 2.05) is 0 Å². The first kappa shape index (κ1) is 15.6.